The van der Waals surface area contributed by atoms with E-state index in [-0.39, 0.29) is 12.4 Å². The molecule has 0 atom stereocenters. The van der Waals surface area contributed by atoms with Gasteiger partial charge in [-0.3, -0.25) is 0 Å². The van der Waals surface area contributed by atoms with E-state index in [2.05, 4.69) is 18.7 Å². The van der Waals surface area contributed by atoms with Gasteiger partial charge < -0.3 is 10.0 Å². The van der Waals surface area contributed by atoms with E-state index in [1.54, 1.807) is 12.1 Å². The van der Waals surface area contributed by atoms with Crippen LogP contribution in [-0.2, 0) is 9.84 Å². The van der Waals surface area contributed by atoms with E-state index in [1.807, 2.05) is 19.1 Å². The van der Waals surface area contributed by atoms with Crippen molar-refractivity contribution in [2.24, 2.45) is 0 Å². The number of sulfone groups is 1. The minimum atomic E-state index is -3.16. The fourth-order valence-corrected chi connectivity index (χ4v) is 3.92. The van der Waals surface area contributed by atoms with Gasteiger partial charge in [-0.2, -0.15) is 0 Å². The Morgan fingerprint density at radius 1 is 1.10 bits per heavy atom. The lowest BCUT2D eigenvalue weighted by atomic mass is 10.1. The van der Waals surface area contributed by atoms with Crippen LogP contribution in [0.4, 0.5) is 5.69 Å². The summed E-state index contributed by atoms with van der Waals surface area (Å²) in [6, 6.07) is 7.39. The Morgan fingerprint density at radius 2 is 1.67 bits per heavy atom. The summed E-state index contributed by atoms with van der Waals surface area (Å²) < 4.78 is 24.1. The Labute approximate surface area is 128 Å². The molecule has 0 fully saturated rings. The van der Waals surface area contributed by atoms with Gasteiger partial charge in [-0.15, -0.1) is 0 Å². The lowest BCUT2D eigenvalue weighted by Gasteiger charge is -2.32. The molecule has 1 N–H and O–H groups in total. The van der Waals surface area contributed by atoms with E-state index in [4.69, 9.17) is 0 Å². The molecule has 0 radical (unpaired) electrons. The molecule has 1 aromatic carbocycles. The molecular formula is C16H27NO3S. The van der Waals surface area contributed by atoms with Gasteiger partial charge in [0, 0.05) is 18.3 Å². The summed E-state index contributed by atoms with van der Waals surface area (Å²) in [6.45, 7) is 6.76. The molecule has 0 amide bonds. The van der Waals surface area contributed by atoms with Gasteiger partial charge in [-0.1, -0.05) is 20.8 Å². The molecule has 120 valence electrons. The number of aliphatic hydroxyl groups excluding tert-OH is 1. The topological polar surface area (TPSA) is 57.6 Å². The highest BCUT2D eigenvalue weighted by Gasteiger charge is 2.17. The van der Waals surface area contributed by atoms with E-state index in [1.165, 1.54) is 0 Å². The Morgan fingerprint density at radius 3 is 2.10 bits per heavy atom. The molecule has 0 unspecified atom stereocenters. The number of hydrogen-bond acceptors (Lipinski definition) is 4. The summed E-state index contributed by atoms with van der Waals surface area (Å²) in [6.07, 6.45) is 2.60. The molecule has 0 saturated carbocycles. The van der Waals surface area contributed by atoms with E-state index >= 15 is 0 Å². The minimum absolute atomic E-state index is 0.0897. The van der Waals surface area contributed by atoms with E-state index in [0.29, 0.717) is 23.9 Å². The maximum atomic E-state index is 12.0. The number of benzene rings is 1. The monoisotopic (exact) mass is 313 g/mol. The highest BCUT2D eigenvalue weighted by Crippen LogP contribution is 2.23. The highest BCUT2D eigenvalue weighted by atomic mass is 32.2. The van der Waals surface area contributed by atoms with Crippen molar-refractivity contribution in [1.29, 1.82) is 0 Å². The van der Waals surface area contributed by atoms with Crippen molar-refractivity contribution in [3.8, 4) is 0 Å². The second-order valence-corrected chi connectivity index (χ2v) is 7.31. The Balaban J connectivity index is 3.03. The summed E-state index contributed by atoms with van der Waals surface area (Å²) in [7, 11) is -3.16. The zero-order valence-electron chi connectivity index (χ0n) is 13.2. The normalized spacial score (nSPS) is 11.9. The molecule has 0 saturated heterocycles. The van der Waals surface area contributed by atoms with Crippen LogP contribution in [-0.4, -0.2) is 38.5 Å². The van der Waals surface area contributed by atoms with Crippen LogP contribution in [0.1, 0.15) is 40.0 Å². The van der Waals surface area contributed by atoms with Gasteiger partial charge >= 0.3 is 0 Å². The standard InChI is InChI=1S/C16H27NO3S/c1-4-13-21(19,20)16-9-7-15(8-10-16)17(11-12-18)14(5-2)6-3/h7-10,14,18H,4-6,11-13H2,1-3H3. The maximum absolute atomic E-state index is 12.0. The first-order valence-corrected chi connectivity index (χ1v) is 9.35. The molecule has 0 spiro atoms. The summed E-state index contributed by atoms with van der Waals surface area (Å²) in [5.74, 6) is 0.180. The van der Waals surface area contributed by atoms with Crippen molar-refractivity contribution in [3.63, 3.8) is 0 Å². The molecule has 0 aliphatic carbocycles. The summed E-state index contributed by atoms with van der Waals surface area (Å²) in [5.41, 5.74) is 0.966. The lowest BCUT2D eigenvalue weighted by molar-refractivity contribution is 0.296. The second kappa shape index (κ2) is 8.39. The van der Waals surface area contributed by atoms with Gasteiger partial charge in [0.25, 0.3) is 0 Å². The molecule has 0 aromatic heterocycles. The minimum Gasteiger partial charge on any atom is -0.395 e. The summed E-state index contributed by atoms with van der Waals surface area (Å²) in [4.78, 5) is 2.53. The van der Waals surface area contributed by atoms with Gasteiger partial charge in [0.05, 0.1) is 17.3 Å². The molecule has 5 heteroatoms. The predicted octanol–water partition coefficient (Wildman–Crippen LogP) is 2.86. The first kappa shape index (κ1) is 18.0. The first-order valence-electron chi connectivity index (χ1n) is 7.70. The maximum Gasteiger partial charge on any atom is 0.178 e. The fraction of sp³-hybridized carbons (Fsp3) is 0.625. The smallest absolute Gasteiger partial charge is 0.178 e. The molecule has 0 bridgehead atoms. The van der Waals surface area contributed by atoms with Crippen molar-refractivity contribution in [3.05, 3.63) is 24.3 Å². The number of hydrogen-bond donors (Lipinski definition) is 1. The van der Waals surface area contributed by atoms with Crippen molar-refractivity contribution in [2.45, 2.75) is 51.0 Å². The third-order valence-electron chi connectivity index (χ3n) is 3.72. The lowest BCUT2D eigenvalue weighted by Crippen LogP contribution is -2.36. The van der Waals surface area contributed by atoms with Crippen molar-refractivity contribution >= 4 is 15.5 Å². The largest absolute Gasteiger partial charge is 0.395 e. The molecular weight excluding hydrogens is 286 g/mol. The van der Waals surface area contributed by atoms with Crippen molar-refractivity contribution < 1.29 is 13.5 Å². The second-order valence-electron chi connectivity index (χ2n) is 5.20. The van der Waals surface area contributed by atoms with Crippen LogP contribution in [0, 0.1) is 0 Å². The van der Waals surface area contributed by atoms with Gasteiger partial charge in [0.1, 0.15) is 0 Å². The Hall–Kier alpha value is -1.07. The highest BCUT2D eigenvalue weighted by molar-refractivity contribution is 7.91. The van der Waals surface area contributed by atoms with Crippen LogP contribution in [0.15, 0.2) is 29.2 Å². The van der Waals surface area contributed by atoms with Crippen LogP contribution >= 0.6 is 0 Å². The summed E-state index contributed by atoms with van der Waals surface area (Å²) in [5, 5.41) is 9.25. The van der Waals surface area contributed by atoms with Crippen molar-refractivity contribution in [2.75, 3.05) is 23.8 Å². The SMILES string of the molecule is CCCS(=O)(=O)c1ccc(N(CCO)C(CC)CC)cc1. The predicted molar refractivity (Wildman–Crippen MR) is 87.6 cm³/mol. The third-order valence-corrected chi connectivity index (χ3v) is 5.66. The molecule has 0 aliphatic heterocycles. The van der Waals surface area contributed by atoms with E-state index in [0.717, 1.165) is 18.5 Å². The molecule has 1 aromatic rings. The van der Waals surface area contributed by atoms with Gasteiger partial charge in [-0.25, -0.2) is 8.42 Å². The number of nitrogens with zero attached hydrogens (tertiary/aromatic N) is 1. The van der Waals surface area contributed by atoms with Crippen molar-refractivity contribution in [1.82, 2.24) is 0 Å². The Kier molecular flexibility index (Phi) is 7.18. The molecule has 0 aliphatic rings. The van der Waals surface area contributed by atoms with Crippen LogP contribution in [0.25, 0.3) is 0 Å². The quantitative estimate of drug-likeness (QED) is 0.761. The van der Waals surface area contributed by atoms with E-state index in [9.17, 15) is 13.5 Å². The van der Waals surface area contributed by atoms with Crippen LogP contribution in [0.3, 0.4) is 0 Å². The molecule has 4 nitrogen and oxygen atoms in total. The number of rotatable bonds is 9. The van der Waals surface area contributed by atoms with Gasteiger partial charge in [0.2, 0.25) is 0 Å². The Bertz CT molecular complexity index is 507. The molecule has 21 heavy (non-hydrogen) atoms. The first-order chi connectivity index (χ1) is 10.00. The molecule has 1 rings (SSSR count). The third kappa shape index (κ3) is 4.71. The average molecular weight is 313 g/mol. The van der Waals surface area contributed by atoms with Gasteiger partial charge in [0.15, 0.2) is 9.84 Å². The van der Waals surface area contributed by atoms with Crippen LogP contribution < -0.4 is 4.90 Å². The zero-order valence-corrected chi connectivity index (χ0v) is 14.1. The fourth-order valence-electron chi connectivity index (χ4n) is 2.59. The van der Waals surface area contributed by atoms with Crippen LogP contribution in [0.2, 0.25) is 0 Å². The summed E-state index contributed by atoms with van der Waals surface area (Å²) >= 11 is 0. The number of aliphatic hydroxyl groups is 1. The van der Waals surface area contributed by atoms with E-state index < -0.39 is 9.84 Å². The van der Waals surface area contributed by atoms with Gasteiger partial charge in [-0.05, 0) is 43.5 Å². The van der Waals surface area contributed by atoms with Crippen LogP contribution in [0.5, 0.6) is 0 Å². The molecule has 0 heterocycles. The zero-order chi connectivity index (χ0) is 15.9. The average Bonchev–Trinajstić information content (AvgIpc) is 2.47. The number of anilines is 1.